The van der Waals surface area contributed by atoms with Gasteiger partial charge in [0.15, 0.2) is 0 Å². The van der Waals surface area contributed by atoms with Crippen LogP contribution in [0.2, 0.25) is 0 Å². The summed E-state index contributed by atoms with van der Waals surface area (Å²) in [7, 11) is 0. The number of thiophene rings is 1. The van der Waals surface area contributed by atoms with Crippen molar-refractivity contribution in [2.24, 2.45) is 0 Å². The van der Waals surface area contributed by atoms with E-state index in [1.807, 2.05) is 0 Å². The molecule has 1 aromatic rings. The van der Waals surface area contributed by atoms with Crippen molar-refractivity contribution in [1.82, 2.24) is 5.32 Å². The maximum Gasteiger partial charge on any atom is 0.325 e. The van der Waals surface area contributed by atoms with Crippen LogP contribution < -0.4 is 5.32 Å². The van der Waals surface area contributed by atoms with Gasteiger partial charge >= 0.3 is 5.97 Å². The van der Waals surface area contributed by atoms with Gasteiger partial charge in [0.1, 0.15) is 16.7 Å². The molecule has 4 nitrogen and oxygen atoms in total. The summed E-state index contributed by atoms with van der Waals surface area (Å²) in [6.07, 6.45) is 0. The first-order chi connectivity index (χ1) is 6.52. The van der Waals surface area contributed by atoms with Crippen molar-refractivity contribution in [3.8, 4) is 0 Å². The first kappa shape index (κ1) is 10.6. The summed E-state index contributed by atoms with van der Waals surface area (Å²) in [5, 5.41) is 12.1. The number of hydrogen-bond acceptors (Lipinski definition) is 3. The molecule has 0 aliphatic rings. The number of carboxylic acids is 1. The van der Waals surface area contributed by atoms with Crippen molar-refractivity contribution >= 4 is 23.2 Å². The van der Waals surface area contributed by atoms with Gasteiger partial charge in [-0.05, 0) is 18.4 Å². The number of halogens is 1. The minimum atomic E-state index is -1.16. The molecule has 0 aliphatic carbocycles. The van der Waals surface area contributed by atoms with Crippen molar-refractivity contribution in [3.05, 3.63) is 22.1 Å². The second-order valence-electron chi connectivity index (χ2n) is 2.63. The Morgan fingerprint density at radius 3 is 2.71 bits per heavy atom. The zero-order valence-corrected chi connectivity index (χ0v) is 8.10. The summed E-state index contributed by atoms with van der Waals surface area (Å²) in [6, 6.07) is 0.134. The Labute approximate surface area is 83.4 Å². The molecular weight excluding hydrogens is 209 g/mol. The maximum absolute atomic E-state index is 12.9. The molecule has 1 rings (SSSR count). The number of carbonyl (C=O) groups is 2. The molecule has 2 N–H and O–H groups in total. The molecule has 1 amide bonds. The number of amides is 1. The zero-order valence-electron chi connectivity index (χ0n) is 7.28. The van der Waals surface area contributed by atoms with Crippen LogP contribution in [0.3, 0.4) is 0 Å². The fraction of sp³-hybridized carbons (Fsp3) is 0.250. The number of aliphatic carboxylic acids is 1. The van der Waals surface area contributed by atoms with Crippen molar-refractivity contribution < 1.29 is 19.1 Å². The van der Waals surface area contributed by atoms with Gasteiger partial charge in [-0.1, -0.05) is 0 Å². The van der Waals surface area contributed by atoms with Gasteiger partial charge in [-0.25, -0.2) is 4.39 Å². The number of carboxylic acid groups (broad SMARTS) is 1. The van der Waals surface area contributed by atoms with Crippen molar-refractivity contribution in [2.75, 3.05) is 0 Å². The van der Waals surface area contributed by atoms with Crippen LogP contribution in [0.1, 0.15) is 16.6 Å². The summed E-state index contributed by atoms with van der Waals surface area (Å²) < 4.78 is 12.9. The van der Waals surface area contributed by atoms with E-state index in [2.05, 4.69) is 5.32 Å². The highest BCUT2D eigenvalue weighted by atomic mass is 32.1. The Hall–Kier alpha value is -1.43. The van der Waals surface area contributed by atoms with Gasteiger partial charge in [0.05, 0.1) is 0 Å². The molecule has 0 radical (unpaired) electrons. The van der Waals surface area contributed by atoms with Crippen LogP contribution in [0.5, 0.6) is 0 Å². The smallest absolute Gasteiger partial charge is 0.325 e. The van der Waals surface area contributed by atoms with Crippen molar-refractivity contribution in [2.45, 2.75) is 13.0 Å². The van der Waals surface area contributed by atoms with E-state index >= 15 is 0 Å². The molecule has 0 aliphatic heterocycles. The molecule has 0 bridgehead atoms. The molecule has 0 saturated carbocycles. The fourth-order valence-corrected chi connectivity index (χ4v) is 1.45. The van der Waals surface area contributed by atoms with Gasteiger partial charge in [-0.2, -0.15) is 0 Å². The third kappa shape index (κ3) is 2.29. The quantitative estimate of drug-likeness (QED) is 0.796. The van der Waals surface area contributed by atoms with E-state index < -0.39 is 23.7 Å². The first-order valence-corrected chi connectivity index (χ1v) is 4.67. The minimum Gasteiger partial charge on any atom is -0.480 e. The highest BCUT2D eigenvalue weighted by Gasteiger charge is 2.18. The molecule has 0 aromatic carbocycles. The van der Waals surface area contributed by atoms with Gasteiger partial charge < -0.3 is 10.4 Å². The Bertz CT molecular complexity index is 363. The first-order valence-electron chi connectivity index (χ1n) is 3.79. The summed E-state index contributed by atoms with van der Waals surface area (Å²) in [6.45, 7) is 1.31. The SMILES string of the molecule is C[C@H](NC(=O)c1sccc1F)C(=O)O. The summed E-state index contributed by atoms with van der Waals surface area (Å²) in [4.78, 5) is 21.5. The van der Waals surface area contributed by atoms with Crippen LogP contribution in [0.15, 0.2) is 11.4 Å². The molecule has 1 heterocycles. The predicted octanol–water partition coefficient (Wildman–Crippen LogP) is 1.09. The van der Waals surface area contributed by atoms with Crippen molar-refractivity contribution in [1.29, 1.82) is 0 Å². The molecule has 6 heteroatoms. The highest BCUT2D eigenvalue weighted by molar-refractivity contribution is 7.12. The zero-order chi connectivity index (χ0) is 10.7. The van der Waals surface area contributed by atoms with E-state index in [1.165, 1.54) is 12.3 Å². The molecule has 76 valence electrons. The lowest BCUT2D eigenvalue weighted by atomic mass is 10.3. The average molecular weight is 217 g/mol. The Kier molecular flexibility index (Phi) is 3.19. The van der Waals surface area contributed by atoms with Gasteiger partial charge in [0, 0.05) is 0 Å². The maximum atomic E-state index is 12.9. The van der Waals surface area contributed by atoms with Gasteiger partial charge in [-0.15, -0.1) is 11.3 Å². The summed E-state index contributed by atoms with van der Waals surface area (Å²) in [5.74, 6) is -2.49. The summed E-state index contributed by atoms with van der Waals surface area (Å²) >= 11 is 0.931. The molecule has 0 unspecified atom stereocenters. The predicted molar refractivity (Wildman–Crippen MR) is 48.8 cm³/mol. The number of hydrogen-bond donors (Lipinski definition) is 2. The second kappa shape index (κ2) is 4.19. The summed E-state index contributed by atoms with van der Waals surface area (Å²) in [5.41, 5.74) is 0. The van der Waals surface area contributed by atoms with E-state index in [9.17, 15) is 14.0 Å². The topological polar surface area (TPSA) is 66.4 Å². The monoisotopic (exact) mass is 217 g/mol. The van der Waals surface area contributed by atoms with E-state index in [-0.39, 0.29) is 4.88 Å². The van der Waals surface area contributed by atoms with Crippen molar-refractivity contribution in [3.63, 3.8) is 0 Å². The Morgan fingerprint density at radius 2 is 2.29 bits per heavy atom. The van der Waals surface area contributed by atoms with Crippen LogP contribution >= 0.6 is 11.3 Å². The normalized spacial score (nSPS) is 12.1. The molecular formula is C8H8FNO3S. The van der Waals surface area contributed by atoms with Gasteiger partial charge in [0.25, 0.3) is 5.91 Å². The van der Waals surface area contributed by atoms with Crippen LogP contribution in [0, 0.1) is 5.82 Å². The molecule has 0 saturated heterocycles. The Balaban J connectivity index is 2.69. The third-order valence-corrected chi connectivity index (χ3v) is 2.43. The molecule has 0 spiro atoms. The van der Waals surface area contributed by atoms with E-state index in [1.54, 1.807) is 0 Å². The van der Waals surface area contributed by atoms with Crippen LogP contribution in [0.4, 0.5) is 4.39 Å². The number of carbonyl (C=O) groups excluding carboxylic acids is 1. The number of nitrogens with one attached hydrogen (secondary N) is 1. The van der Waals surface area contributed by atoms with Gasteiger partial charge in [-0.3, -0.25) is 9.59 Å². The minimum absolute atomic E-state index is 0.0990. The lowest BCUT2D eigenvalue weighted by Gasteiger charge is -2.07. The molecule has 1 atom stereocenters. The van der Waals surface area contributed by atoms with E-state index in [0.717, 1.165) is 17.4 Å². The second-order valence-corrected chi connectivity index (χ2v) is 3.55. The van der Waals surface area contributed by atoms with Crippen LogP contribution in [-0.4, -0.2) is 23.0 Å². The number of rotatable bonds is 3. The highest BCUT2D eigenvalue weighted by Crippen LogP contribution is 2.14. The lowest BCUT2D eigenvalue weighted by Crippen LogP contribution is -2.38. The molecule has 1 aromatic heterocycles. The fourth-order valence-electron chi connectivity index (χ4n) is 0.780. The lowest BCUT2D eigenvalue weighted by molar-refractivity contribution is -0.138. The van der Waals surface area contributed by atoms with Crippen LogP contribution in [-0.2, 0) is 4.79 Å². The molecule has 0 fully saturated rings. The van der Waals surface area contributed by atoms with E-state index in [4.69, 9.17) is 5.11 Å². The van der Waals surface area contributed by atoms with Gasteiger partial charge in [0.2, 0.25) is 0 Å². The average Bonchev–Trinajstić information content (AvgIpc) is 2.51. The Morgan fingerprint density at radius 1 is 1.64 bits per heavy atom. The largest absolute Gasteiger partial charge is 0.480 e. The van der Waals surface area contributed by atoms with Crippen LogP contribution in [0.25, 0.3) is 0 Å². The standard InChI is InChI=1S/C8H8FNO3S/c1-4(8(12)13)10-7(11)6-5(9)2-3-14-6/h2-4H,1H3,(H,10,11)(H,12,13)/t4-/m0/s1. The molecule has 14 heavy (non-hydrogen) atoms. The van der Waals surface area contributed by atoms with E-state index in [0.29, 0.717) is 0 Å². The third-order valence-electron chi connectivity index (χ3n) is 1.54.